The third-order valence-electron chi connectivity index (χ3n) is 3.75. The highest BCUT2D eigenvalue weighted by atomic mass is 35.5. The molecule has 3 aromatic rings. The van der Waals surface area contributed by atoms with Crippen LogP contribution in [0.4, 0.5) is 5.69 Å². The molecule has 0 saturated carbocycles. The number of carbonyl (C=O) groups excluding carboxylic acids is 1. The second-order valence-electron chi connectivity index (χ2n) is 5.64. The van der Waals surface area contributed by atoms with Crippen LogP contribution < -0.4 is 9.88 Å². The van der Waals surface area contributed by atoms with Gasteiger partial charge in [-0.15, -0.1) is 0 Å². The zero-order valence-electron chi connectivity index (χ0n) is 13.4. The van der Waals surface area contributed by atoms with Crippen molar-refractivity contribution in [1.29, 1.82) is 0 Å². The molecule has 0 aliphatic heterocycles. The molecule has 0 fully saturated rings. The maximum atomic E-state index is 12.3. The van der Waals surface area contributed by atoms with Crippen molar-refractivity contribution in [2.24, 2.45) is 0 Å². The lowest BCUT2D eigenvalue weighted by atomic mass is 10.1. The van der Waals surface area contributed by atoms with E-state index in [4.69, 9.17) is 11.6 Å². The van der Waals surface area contributed by atoms with Crippen LogP contribution in [0.15, 0.2) is 73.1 Å². The Morgan fingerprint density at radius 2 is 1.79 bits per heavy atom. The molecule has 0 spiro atoms. The van der Waals surface area contributed by atoms with Gasteiger partial charge in [0.15, 0.2) is 12.4 Å². The van der Waals surface area contributed by atoms with Crippen molar-refractivity contribution >= 4 is 23.2 Å². The molecule has 1 heterocycles. The van der Waals surface area contributed by atoms with Crippen LogP contribution in [0.5, 0.6) is 0 Å². The Bertz CT molecular complexity index is 863. The normalized spacial score (nSPS) is 10.4. The molecule has 0 bridgehead atoms. The molecule has 2 aromatic carbocycles. The van der Waals surface area contributed by atoms with Crippen LogP contribution in [0.1, 0.15) is 5.56 Å². The lowest BCUT2D eigenvalue weighted by molar-refractivity contribution is -0.683. The van der Waals surface area contributed by atoms with E-state index in [2.05, 4.69) is 17.4 Å². The van der Waals surface area contributed by atoms with Crippen LogP contribution in [0.25, 0.3) is 11.1 Å². The van der Waals surface area contributed by atoms with Crippen molar-refractivity contribution in [3.05, 3.63) is 83.6 Å². The smallest absolute Gasteiger partial charge is 0.290 e. The summed E-state index contributed by atoms with van der Waals surface area (Å²) in [6.45, 7) is 2.17. The number of halogens is 1. The Morgan fingerprint density at radius 1 is 1.04 bits per heavy atom. The average Bonchev–Trinajstić information content (AvgIpc) is 2.58. The molecule has 0 radical (unpaired) electrons. The minimum atomic E-state index is -0.0735. The van der Waals surface area contributed by atoms with Gasteiger partial charge in [0.2, 0.25) is 6.54 Å². The monoisotopic (exact) mass is 337 g/mol. The van der Waals surface area contributed by atoms with E-state index in [-0.39, 0.29) is 12.5 Å². The van der Waals surface area contributed by atoms with E-state index in [9.17, 15) is 4.79 Å². The van der Waals surface area contributed by atoms with Gasteiger partial charge < -0.3 is 5.32 Å². The first-order valence-corrected chi connectivity index (χ1v) is 8.10. The summed E-state index contributed by atoms with van der Waals surface area (Å²) >= 11 is 5.94. The standard InChI is InChI=1S/C20H17ClN2O/c1-15-12-18(21)9-10-19(15)22-20(24)14-23-11-5-8-17(13-23)16-6-3-2-4-7-16/h2-13H,14H2,1H3/p+1. The first kappa shape index (κ1) is 16.2. The van der Waals surface area contributed by atoms with E-state index in [1.54, 1.807) is 6.07 Å². The van der Waals surface area contributed by atoms with Crippen LogP contribution >= 0.6 is 11.6 Å². The number of rotatable bonds is 4. The number of carbonyl (C=O) groups is 1. The molecule has 0 aliphatic carbocycles. The number of aromatic nitrogens is 1. The molecule has 0 atom stereocenters. The zero-order chi connectivity index (χ0) is 16.9. The molecule has 0 saturated heterocycles. The number of nitrogens with one attached hydrogen (secondary N) is 1. The molecule has 120 valence electrons. The molecule has 1 amide bonds. The fourth-order valence-corrected chi connectivity index (χ4v) is 2.77. The lowest BCUT2D eigenvalue weighted by Crippen LogP contribution is -2.39. The Labute approximate surface area is 146 Å². The third-order valence-corrected chi connectivity index (χ3v) is 3.99. The van der Waals surface area contributed by atoms with Crippen molar-refractivity contribution in [2.45, 2.75) is 13.5 Å². The van der Waals surface area contributed by atoms with Gasteiger partial charge in [-0.3, -0.25) is 4.79 Å². The van der Waals surface area contributed by atoms with Gasteiger partial charge in [0.05, 0.1) is 0 Å². The summed E-state index contributed by atoms with van der Waals surface area (Å²) in [5, 5.41) is 3.59. The fraction of sp³-hybridized carbons (Fsp3) is 0.100. The zero-order valence-corrected chi connectivity index (χ0v) is 14.1. The van der Waals surface area contributed by atoms with Gasteiger partial charge in [-0.1, -0.05) is 41.9 Å². The van der Waals surface area contributed by atoms with Crippen molar-refractivity contribution < 1.29 is 9.36 Å². The summed E-state index contributed by atoms with van der Waals surface area (Å²) in [6.07, 6.45) is 3.87. The van der Waals surface area contributed by atoms with E-state index in [1.165, 1.54) is 0 Å². The SMILES string of the molecule is Cc1cc(Cl)ccc1NC(=O)C[n+]1cccc(-c2ccccc2)c1. The van der Waals surface area contributed by atoms with E-state index in [1.807, 2.05) is 66.3 Å². The number of benzene rings is 2. The maximum Gasteiger partial charge on any atom is 0.290 e. The van der Waals surface area contributed by atoms with E-state index >= 15 is 0 Å². The van der Waals surface area contributed by atoms with Gasteiger partial charge in [0.25, 0.3) is 5.91 Å². The second kappa shape index (κ2) is 7.28. The van der Waals surface area contributed by atoms with E-state index < -0.39 is 0 Å². The van der Waals surface area contributed by atoms with Crippen molar-refractivity contribution in [2.75, 3.05) is 5.32 Å². The highest BCUT2D eigenvalue weighted by Crippen LogP contribution is 2.19. The maximum absolute atomic E-state index is 12.3. The number of hydrogen-bond donors (Lipinski definition) is 1. The third kappa shape index (κ3) is 4.00. The highest BCUT2D eigenvalue weighted by molar-refractivity contribution is 6.30. The van der Waals surface area contributed by atoms with Gasteiger partial charge in [-0.05, 0) is 42.3 Å². The Morgan fingerprint density at radius 3 is 2.54 bits per heavy atom. The first-order chi connectivity index (χ1) is 11.6. The summed E-state index contributed by atoms with van der Waals surface area (Å²) in [5.41, 5.74) is 3.93. The van der Waals surface area contributed by atoms with Crippen LogP contribution in [-0.4, -0.2) is 5.91 Å². The number of anilines is 1. The molecular weight excluding hydrogens is 320 g/mol. The molecule has 3 rings (SSSR count). The molecule has 24 heavy (non-hydrogen) atoms. The summed E-state index contributed by atoms with van der Waals surface area (Å²) in [6, 6.07) is 19.5. The molecule has 1 N–H and O–H groups in total. The summed E-state index contributed by atoms with van der Waals surface area (Å²) in [5.74, 6) is -0.0735. The highest BCUT2D eigenvalue weighted by Gasteiger charge is 2.12. The number of pyridine rings is 1. The van der Waals surface area contributed by atoms with Gasteiger partial charge in [0.1, 0.15) is 0 Å². The van der Waals surface area contributed by atoms with Crippen molar-refractivity contribution in [1.82, 2.24) is 0 Å². The summed E-state index contributed by atoms with van der Waals surface area (Å²) in [7, 11) is 0. The number of aryl methyl sites for hydroxylation is 1. The second-order valence-corrected chi connectivity index (χ2v) is 6.07. The lowest BCUT2D eigenvalue weighted by Gasteiger charge is -2.07. The quantitative estimate of drug-likeness (QED) is 0.710. The van der Waals surface area contributed by atoms with Crippen LogP contribution in [0, 0.1) is 6.92 Å². The topological polar surface area (TPSA) is 33.0 Å². The van der Waals surface area contributed by atoms with E-state index in [0.717, 1.165) is 22.4 Å². The van der Waals surface area contributed by atoms with E-state index in [0.29, 0.717) is 5.02 Å². The Kier molecular flexibility index (Phi) is 4.92. The average molecular weight is 338 g/mol. The number of hydrogen-bond acceptors (Lipinski definition) is 1. The van der Waals surface area contributed by atoms with Crippen LogP contribution in [-0.2, 0) is 11.3 Å². The van der Waals surface area contributed by atoms with Gasteiger partial charge in [-0.2, -0.15) is 4.57 Å². The predicted molar refractivity (Wildman–Crippen MR) is 96.9 cm³/mol. The minimum absolute atomic E-state index is 0.0735. The van der Waals surface area contributed by atoms with Crippen molar-refractivity contribution in [3.8, 4) is 11.1 Å². The molecule has 0 aliphatic rings. The molecule has 3 nitrogen and oxygen atoms in total. The Balaban J connectivity index is 1.73. The number of amides is 1. The summed E-state index contributed by atoms with van der Waals surface area (Å²) < 4.78 is 1.88. The first-order valence-electron chi connectivity index (χ1n) is 7.72. The van der Waals surface area contributed by atoms with Crippen LogP contribution in [0.3, 0.4) is 0 Å². The van der Waals surface area contributed by atoms with Gasteiger partial charge >= 0.3 is 0 Å². The van der Waals surface area contributed by atoms with Crippen LogP contribution in [0.2, 0.25) is 5.02 Å². The summed E-state index contributed by atoms with van der Waals surface area (Å²) in [4.78, 5) is 12.3. The van der Waals surface area contributed by atoms with Gasteiger partial charge in [-0.25, -0.2) is 0 Å². The molecule has 4 heteroatoms. The number of nitrogens with zero attached hydrogens (tertiary/aromatic N) is 1. The minimum Gasteiger partial charge on any atom is -0.320 e. The largest absolute Gasteiger partial charge is 0.320 e. The van der Waals surface area contributed by atoms with Crippen molar-refractivity contribution in [3.63, 3.8) is 0 Å². The van der Waals surface area contributed by atoms with Gasteiger partial charge in [0, 0.05) is 22.3 Å². The molecular formula is C20H18ClN2O+. The Hall–Kier alpha value is -2.65. The predicted octanol–water partition coefficient (Wildman–Crippen LogP) is 4.24. The fourth-order valence-electron chi connectivity index (χ4n) is 2.54. The molecule has 1 aromatic heterocycles. The molecule has 0 unspecified atom stereocenters.